The summed E-state index contributed by atoms with van der Waals surface area (Å²) in [6.07, 6.45) is 7.36. The van der Waals surface area contributed by atoms with Crippen molar-refractivity contribution in [2.24, 2.45) is 11.7 Å². The molecule has 0 heterocycles. The molecule has 6 heteroatoms. The van der Waals surface area contributed by atoms with E-state index in [0.29, 0.717) is 0 Å². The molecule has 1 aliphatic rings. The number of carbonyl (C=O) groups is 1. The lowest BCUT2D eigenvalue weighted by atomic mass is 9.86. The molecule has 2 atom stereocenters. The Labute approximate surface area is 116 Å². The second kappa shape index (κ2) is 7.24. The van der Waals surface area contributed by atoms with Gasteiger partial charge in [-0.3, -0.25) is 4.79 Å². The van der Waals surface area contributed by atoms with Gasteiger partial charge in [0, 0.05) is 25.9 Å². The van der Waals surface area contributed by atoms with Crippen LogP contribution in [0.25, 0.3) is 0 Å². The van der Waals surface area contributed by atoms with E-state index in [0.717, 1.165) is 32.1 Å². The quantitative estimate of drug-likeness (QED) is 0.830. The van der Waals surface area contributed by atoms with Gasteiger partial charge < -0.3 is 10.6 Å². The fourth-order valence-electron chi connectivity index (χ4n) is 2.52. The third-order valence-electron chi connectivity index (χ3n) is 3.81. The molecule has 0 aliphatic heterocycles. The number of rotatable bonds is 4. The van der Waals surface area contributed by atoms with Crippen molar-refractivity contribution in [3.8, 4) is 0 Å². The molecule has 0 aromatic rings. The summed E-state index contributed by atoms with van der Waals surface area (Å²) < 4.78 is 22.3. The van der Waals surface area contributed by atoms with Crippen molar-refractivity contribution in [1.82, 2.24) is 4.90 Å². The third-order valence-corrected chi connectivity index (χ3v) is 4.73. The van der Waals surface area contributed by atoms with Crippen molar-refractivity contribution in [2.75, 3.05) is 25.6 Å². The second-order valence-electron chi connectivity index (χ2n) is 5.65. The number of hydrogen-bond acceptors (Lipinski definition) is 4. The SMILES string of the molecule is CN(CCS(C)(=O)=O)C(=O)[C@H]1CCCCCC[C@H]1N. The van der Waals surface area contributed by atoms with E-state index in [4.69, 9.17) is 5.73 Å². The van der Waals surface area contributed by atoms with Crippen LogP contribution in [0, 0.1) is 5.92 Å². The standard InChI is InChI=1S/C13H26N2O3S/c1-15(9-10-19(2,17)18)13(16)11-7-5-3-4-6-8-12(11)14/h11-12H,3-10,14H2,1-2H3/t11-,12+/m0/s1. The Kier molecular flexibility index (Phi) is 6.26. The van der Waals surface area contributed by atoms with Gasteiger partial charge in [0.05, 0.1) is 11.7 Å². The molecule has 0 aromatic heterocycles. The number of carbonyl (C=O) groups excluding carboxylic acids is 1. The molecule has 1 fully saturated rings. The molecule has 0 spiro atoms. The number of sulfone groups is 1. The van der Waals surface area contributed by atoms with Crippen LogP contribution < -0.4 is 5.73 Å². The van der Waals surface area contributed by atoms with Gasteiger partial charge in [-0.15, -0.1) is 0 Å². The molecular weight excluding hydrogens is 264 g/mol. The maximum Gasteiger partial charge on any atom is 0.227 e. The van der Waals surface area contributed by atoms with E-state index < -0.39 is 9.84 Å². The van der Waals surface area contributed by atoms with Crippen LogP contribution in [0.5, 0.6) is 0 Å². The Morgan fingerprint density at radius 2 is 1.79 bits per heavy atom. The topological polar surface area (TPSA) is 80.5 Å². The summed E-state index contributed by atoms with van der Waals surface area (Å²) in [5, 5.41) is 0. The van der Waals surface area contributed by atoms with Crippen LogP contribution in [0.1, 0.15) is 38.5 Å². The Bertz CT molecular complexity index is 395. The number of hydrogen-bond donors (Lipinski definition) is 1. The number of nitrogens with two attached hydrogens (primary N) is 1. The van der Waals surface area contributed by atoms with Crippen LogP contribution in [0.15, 0.2) is 0 Å². The van der Waals surface area contributed by atoms with Crippen molar-refractivity contribution < 1.29 is 13.2 Å². The summed E-state index contributed by atoms with van der Waals surface area (Å²) >= 11 is 0. The van der Waals surface area contributed by atoms with Gasteiger partial charge in [0.15, 0.2) is 0 Å². The Balaban J connectivity index is 2.57. The predicted molar refractivity (Wildman–Crippen MR) is 76.5 cm³/mol. The van der Waals surface area contributed by atoms with Gasteiger partial charge in [-0.2, -0.15) is 0 Å². The van der Waals surface area contributed by atoms with Gasteiger partial charge >= 0.3 is 0 Å². The monoisotopic (exact) mass is 290 g/mol. The Morgan fingerprint density at radius 1 is 1.21 bits per heavy atom. The van der Waals surface area contributed by atoms with Gasteiger partial charge in [0.25, 0.3) is 0 Å². The van der Waals surface area contributed by atoms with E-state index in [2.05, 4.69) is 0 Å². The first-order valence-corrected chi connectivity index (χ1v) is 9.05. The summed E-state index contributed by atoms with van der Waals surface area (Å²) in [5.74, 6) is -0.139. The zero-order valence-electron chi connectivity index (χ0n) is 12.0. The van der Waals surface area contributed by atoms with Crippen molar-refractivity contribution in [2.45, 2.75) is 44.6 Å². The average molecular weight is 290 g/mol. The van der Waals surface area contributed by atoms with Gasteiger partial charge in [-0.25, -0.2) is 8.42 Å². The van der Waals surface area contributed by atoms with Gasteiger partial charge in [0.1, 0.15) is 9.84 Å². The van der Waals surface area contributed by atoms with E-state index in [1.54, 1.807) is 7.05 Å². The highest BCUT2D eigenvalue weighted by molar-refractivity contribution is 7.90. The predicted octanol–water partition coefficient (Wildman–Crippen LogP) is 0.787. The van der Waals surface area contributed by atoms with Crippen LogP contribution >= 0.6 is 0 Å². The lowest BCUT2D eigenvalue weighted by molar-refractivity contribution is -0.135. The van der Waals surface area contributed by atoms with Crippen LogP contribution in [-0.2, 0) is 14.6 Å². The third kappa shape index (κ3) is 5.91. The normalized spacial score (nSPS) is 25.4. The molecule has 0 saturated heterocycles. The summed E-state index contributed by atoms with van der Waals surface area (Å²) in [7, 11) is -1.37. The zero-order valence-corrected chi connectivity index (χ0v) is 12.8. The van der Waals surface area contributed by atoms with Gasteiger partial charge in [0.2, 0.25) is 5.91 Å². The smallest absolute Gasteiger partial charge is 0.227 e. The number of amides is 1. The Morgan fingerprint density at radius 3 is 2.37 bits per heavy atom. The van der Waals surface area contributed by atoms with Gasteiger partial charge in [-0.1, -0.05) is 25.7 Å². The highest BCUT2D eigenvalue weighted by Gasteiger charge is 2.28. The highest BCUT2D eigenvalue weighted by Crippen LogP contribution is 2.23. The van der Waals surface area contributed by atoms with Crippen LogP contribution in [0.2, 0.25) is 0 Å². The molecule has 19 heavy (non-hydrogen) atoms. The zero-order chi connectivity index (χ0) is 14.5. The first-order valence-electron chi connectivity index (χ1n) is 6.99. The minimum Gasteiger partial charge on any atom is -0.344 e. The molecule has 0 radical (unpaired) electrons. The van der Waals surface area contributed by atoms with E-state index >= 15 is 0 Å². The molecule has 0 bridgehead atoms. The molecular formula is C13H26N2O3S. The van der Waals surface area contributed by atoms with E-state index in [1.807, 2.05) is 0 Å². The average Bonchev–Trinajstić information content (AvgIpc) is 2.29. The summed E-state index contributed by atoms with van der Waals surface area (Å²) in [6, 6.07) is -0.0894. The van der Waals surface area contributed by atoms with Crippen molar-refractivity contribution in [1.29, 1.82) is 0 Å². The lowest BCUT2D eigenvalue weighted by Crippen LogP contribution is -2.44. The van der Waals surface area contributed by atoms with E-state index in [-0.39, 0.29) is 30.2 Å². The summed E-state index contributed by atoms with van der Waals surface area (Å²) in [4.78, 5) is 13.9. The van der Waals surface area contributed by atoms with Crippen molar-refractivity contribution in [3.05, 3.63) is 0 Å². The molecule has 0 unspecified atom stereocenters. The molecule has 5 nitrogen and oxygen atoms in total. The van der Waals surface area contributed by atoms with Crippen LogP contribution in [0.4, 0.5) is 0 Å². The fourth-order valence-corrected chi connectivity index (χ4v) is 3.12. The van der Waals surface area contributed by atoms with E-state index in [9.17, 15) is 13.2 Å². The largest absolute Gasteiger partial charge is 0.344 e. The molecule has 1 saturated carbocycles. The fraction of sp³-hybridized carbons (Fsp3) is 0.923. The molecule has 1 amide bonds. The molecule has 2 N–H and O–H groups in total. The first kappa shape index (κ1) is 16.4. The summed E-state index contributed by atoms with van der Waals surface area (Å²) in [6.45, 7) is 0.251. The van der Waals surface area contributed by atoms with Crippen molar-refractivity contribution in [3.63, 3.8) is 0 Å². The maximum absolute atomic E-state index is 12.3. The van der Waals surface area contributed by atoms with Crippen LogP contribution in [0.3, 0.4) is 0 Å². The van der Waals surface area contributed by atoms with Gasteiger partial charge in [-0.05, 0) is 12.8 Å². The molecule has 0 aromatic carbocycles. The highest BCUT2D eigenvalue weighted by atomic mass is 32.2. The molecule has 1 rings (SSSR count). The van der Waals surface area contributed by atoms with Crippen molar-refractivity contribution >= 4 is 15.7 Å². The van der Waals surface area contributed by atoms with Crippen LogP contribution in [-0.4, -0.2) is 50.9 Å². The minimum absolute atomic E-state index is 0.00181. The second-order valence-corrected chi connectivity index (χ2v) is 7.91. The molecule has 112 valence electrons. The minimum atomic E-state index is -3.04. The van der Waals surface area contributed by atoms with E-state index in [1.165, 1.54) is 17.6 Å². The summed E-state index contributed by atoms with van der Waals surface area (Å²) in [5.41, 5.74) is 6.10. The Hall–Kier alpha value is -0.620. The number of nitrogens with zero attached hydrogens (tertiary/aromatic N) is 1. The lowest BCUT2D eigenvalue weighted by Gasteiger charge is -2.29. The molecule has 1 aliphatic carbocycles. The first-order chi connectivity index (χ1) is 8.81. The maximum atomic E-state index is 12.3.